The molecule has 1 aromatic rings. The van der Waals surface area contributed by atoms with Crippen LogP contribution in [0.15, 0.2) is 24.3 Å². The van der Waals surface area contributed by atoms with Crippen molar-refractivity contribution in [3.63, 3.8) is 0 Å². The van der Waals surface area contributed by atoms with Crippen LogP contribution in [0.4, 0.5) is 13.2 Å². The number of alkyl halides is 3. The molecule has 9 heteroatoms. The van der Waals surface area contributed by atoms with E-state index in [0.29, 0.717) is 25.0 Å². The molecule has 0 spiro atoms. The highest BCUT2D eigenvalue weighted by molar-refractivity contribution is 5.87. The quantitative estimate of drug-likeness (QED) is 0.784. The average molecular weight is 387 g/mol. The summed E-state index contributed by atoms with van der Waals surface area (Å²) in [6.45, 7) is 0.824. The number of amides is 1. The number of halogens is 3. The first-order valence-corrected chi connectivity index (χ1v) is 8.72. The molecule has 6 nitrogen and oxygen atoms in total. The van der Waals surface area contributed by atoms with Crippen LogP contribution in [0.25, 0.3) is 0 Å². The van der Waals surface area contributed by atoms with Gasteiger partial charge in [-0.2, -0.15) is 0 Å². The molecule has 4 atom stereocenters. The molecule has 0 radical (unpaired) electrons. The minimum atomic E-state index is -4.82. The summed E-state index contributed by atoms with van der Waals surface area (Å²) in [4.78, 5) is 24.0. The van der Waals surface area contributed by atoms with E-state index < -0.39 is 36.1 Å². The van der Waals surface area contributed by atoms with Gasteiger partial charge in [0.15, 0.2) is 0 Å². The van der Waals surface area contributed by atoms with E-state index in [2.05, 4.69) is 10.1 Å². The van der Waals surface area contributed by atoms with Gasteiger partial charge in [0.25, 0.3) is 0 Å². The highest BCUT2D eigenvalue weighted by Crippen LogP contribution is 2.51. The molecule has 1 saturated heterocycles. The van der Waals surface area contributed by atoms with E-state index in [1.165, 1.54) is 18.2 Å². The van der Waals surface area contributed by atoms with Crippen LogP contribution in [0, 0.1) is 11.8 Å². The number of aliphatic carboxylic acids is 1. The van der Waals surface area contributed by atoms with E-state index in [1.807, 2.05) is 0 Å². The zero-order chi connectivity index (χ0) is 19.6. The van der Waals surface area contributed by atoms with Gasteiger partial charge in [0.1, 0.15) is 11.8 Å². The number of carboxylic acids is 1. The van der Waals surface area contributed by atoms with Crippen molar-refractivity contribution in [3.05, 3.63) is 29.8 Å². The number of carbonyl (C=O) groups is 2. The lowest BCUT2D eigenvalue weighted by Crippen LogP contribution is -2.49. The Bertz CT molecular complexity index is 702. The van der Waals surface area contributed by atoms with Crippen LogP contribution in [-0.2, 0) is 14.3 Å². The fraction of sp³-hybridized carbons (Fsp3) is 0.556. The van der Waals surface area contributed by atoms with E-state index in [0.717, 1.165) is 6.42 Å². The third kappa shape index (κ3) is 4.91. The van der Waals surface area contributed by atoms with E-state index in [1.54, 1.807) is 6.07 Å². The first-order valence-electron chi connectivity index (χ1n) is 8.72. The van der Waals surface area contributed by atoms with Crippen LogP contribution in [0.1, 0.15) is 30.7 Å². The van der Waals surface area contributed by atoms with Crippen LogP contribution in [0.3, 0.4) is 0 Å². The largest absolute Gasteiger partial charge is 0.573 e. The first-order chi connectivity index (χ1) is 12.8. The molecule has 1 saturated carbocycles. The molecule has 0 aromatic heterocycles. The third-order valence-electron chi connectivity index (χ3n) is 4.90. The van der Waals surface area contributed by atoms with Crippen molar-refractivity contribution in [2.45, 2.75) is 37.6 Å². The number of nitrogens with one attached hydrogen (secondary N) is 1. The summed E-state index contributed by atoms with van der Waals surface area (Å²) in [5.74, 6) is -3.27. The van der Waals surface area contributed by atoms with Crippen LogP contribution in [0.2, 0.25) is 0 Å². The molecule has 1 amide bonds. The van der Waals surface area contributed by atoms with Gasteiger partial charge in [0.05, 0.1) is 6.61 Å². The average Bonchev–Trinajstić information content (AvgIpc) is 3.40. The van der Waals surface area contributed by atoms with E-state index >= 15 is 0 Å². The van der Waals surface area contributed by atoms with Gasteiger partial charge in [0.2, 0.25) is 5.91 Å². The van der Waals surface area contributed by atoms with Crippen molar-refractivity contribution in [1.82, 2.24) is 5.32 Å². The van der Waals surface area contributed by atoms with Crippen molar-refractivity contribution in [3.8, 4) is 5.75 Å². The van der Waals surface area contributed by atoms with E-state index in [4.69, 9.17) is 4.74 Å². The summed E-state index contributed by atoms with van der Waals surface area (Å²) in [5, 5.41) is 11.9. The van der Waals surface area contributed by atoms with Crippen molar-refractivity contribution in [2.75, 3.05) is 13.2 Å². The molecule has 3 rings (SSSR count). The fourth-order valence-corrected chi connectivity index (χ4v) is 3.50. The Morgan fingerprint density at radius 2 is 2.04 bits per heavy atom. The van der Waals surface area contributed by atoms with Gasteiger partial charge in [-0.3, -0.25) is 4.79 Å². The monoisotopic (exact) mass is 387 g/mol. The molecule has 1 heterocycles. The Labute approximate surface area is 153 Å². The van der Waals surface area contributed by atoms with E-state index in [9.17, 15) is 27.9 Å². The maximum absolute atomic E-state index is 12.5. The smallest absolute Gasteiger partial charge is 0.480 e. The summed E-state index contributed by atoms with van der Waals surface area (Å²) < 4.78 is 47.0. The lowest BCUT2D eigenvalue weighted by atomic mass is 9.93. The predicted octanol–water partition coefficient (Wildman–Crippen LogP) is 2.68. The molecule has 27 heavy (non-hydrogen) atoms. The van der Waals surface area contributed by atoms with Crippen molar-refractivity contribution >= 4 is 11.9 Å². The molecule has 4 unspecified atom stereocenters. The van der Waals surface area contributed by atoms with Gasteiger partial charge in [-0.25, -0.2) is 4.79 Å². The zero-order valence-corrected chi connectivity index (χ0v) is 14.4. The SMILES string of the molecule is O=C(NC(C(=O)O)C1CCCOC1)C1CC1c1ccccc1OC(F)(F)F. The zero-order valence-electron chi connectivity index (χ0n) is 14.4. The van der Waals surface area contributed by atoms with Crippen molar-refractivity contribution in [1.29, 1.82) is 0 Å². The highest BCUT2D eigenvalue weighted by atomic mass is 19.4. The number of hydrogen-bond donors (Lipinski definition) is 2. The Morgan fingerprint density at radius 1 is 1.30 bits per heavy atom. The van der Waals surface area contributed by atoms with Gasteiger partial charge in [-0.15, -0.1) is 13.2 Å². The van der Waals surface area contributed by atoms with Gasteiger partial charge in [-0.05, 0) is 36.8 Å². The van der Waals surface area contributed by atoms with Crippen LogP contribution in [0.5, 0.6) is 5.75 Å². The number of carboxylic acid groups (broad SMARTS) is 1. The number of para-hydroxylation sites is 1. The molecule has 2 N–H and O–H groups in total. The Balaban J connectivity index is 1.66. The van der Waals surface area contributed by atoms with Crippen LogP contribution < -0.4 is 10.1 Å². The van der Waals surface area contributed by atoms with Gasteiger partial charge in [0, 0.05) is 18.4 Å². The molecule has 1 aliphatic heterocycles. The third-order valence-corrected chi connectivity index (χ3v) is 4.90. The molecule has 2 fully saturated rings. The summed E-state index contributed by atoms with van der Waals surface area (Å²) in [7, 11) is 0. The summed E-state index contributed by atoms with van der Waals surface area (Å²) in [6.07, 6.45) is -3.12. The summed E-state index contributed by atoms with van der Waals surface area (Å²) >= 11 is 0. The number of ether oxygens (including phenoxy) is 2. The normalized spacial score (nSPS) is 26.1. The predicted molar refractivity (Wildman–Crippen MR) is 87.1 cm³/mol. The topological polar surface area (TPSA) is 84.9 Å². The Hall–Kier alpha value is -2.29. The second-order valence-electron chi connectivity index (χ2n) is 6.84. The number of rotatable bonds is 6. The molecule has 0 bridgehead atoms. The molecular weight excluding hydrogens is 367 g/mol. The Kier molecular flexibility index (Phi) is 5.59. The van der Waals surface area contributed by atoms with Crippen LogP contribution >= 0.6 is 0 Å². The lowest BCUT2D eigenvalue weighted by molar-refractivity contribution is -0.274. The number of hydrogen-bond acceptors (Lipinski definition) is 4. The number of benzene rings is 1. The van der Waals surface area contributed by atoms with E-state index in [-0.39, 0.29) is 18.3 Å². The van der Waals surface area contributed by atoms with Gasteiger partial charge >= 0.3 is 12.3 Å². The minimum absolute atomic E-state index is 0.258. The second kappa shape index (κ2) is 7.75. The molecular formula is C18H20F3NO5. The van der Waals surface area contributed by atoms with Gasteiger partial charge < -0.3 is 19.9 Å². The van der Waals surface area contributed by atoms with Crippen molar-refractivity contribution < 1.29 is 37.3 Å². The highest BCUT2D eigenvalue weighted by Gasteiger charge is 2.47. The van der Waals surface area contributed by atoms with Crippen LogP contribution in [-0.4, -0.2) is 42.6 Å². The molecule has 148 valence electrons. The van der Waals surface area contributed by atoms with Crippen molar-refractivity contribution in [2.24, 2.45) is 11.8 Å². The maximum atomic E-state index is 12.5. The Morgan fingerprint density at radius 3 is 2.67 bits per heavy atom. The molecule has 1 aliphatic carbocycles. The van der Waals surface area contributed by atoms with Gasteiger partial charge in [-0.1, -0.05) is 18.2 Å². The lowest BCUT2D eigenvalue weighted by Gasteiger charge is -2.28. The summed E-state index contributed by atoms with van der Waals surface area (Å²) in [6, 6.07) is 4.62. The fourth-order valence-electron chi connectivity index (χ4n) is 3.50. The number of carbonyl (C=O) groups excluding carboxylic acids is 1. The molecule has 2 aliphatic rings. The molecule has 1 aromatic carbocycles. The summed E-state index contributed by atoms with van der Waals surface area (Å²) in [5.41, 5.74) is 0.294. The maximum Gasteiger partial charge on any atom is 0.573 e. The minimum Gasteiger partial charge on any atom is -0.480 e. The standard InChI is InChI=1S/C18H20F3NO5/c19-18(20,21)27-14-6-2-1-5-11(14)12-8-13(12)16(23)22-15(17(24)25)10-4-3-7-26-9-10/h1-2,5-6,10,12-13,15H,3-4,7-9H2,(H,22,23)(H,24,25). The second-order valence-corrected chi connectivity index (χ2v) is 6.84. The first kappa shape index (κ1) is 19.5.